The van der Waals surface area contributed by atoms with Crippen LogP contribution in [0.25, 0.3) is 11.0 Å². The molecule has 2 N–H and O–H groups in total. The molecule has 1 aromatic heterocycles. The summed E-state index contributed by atoms with van der Waals surface area (Å²) in [7, 11) is 0. The number of rotatable bonds is 2. The van der Waals surface area contributed by atoms with Gasteiger partial charge in [-0.2, -0.15) is 11.8 Å². The Labute approximate surface area is 109 Å². The van der Waals surface area contributed by atoms with Gasteiger partial charge < -0.3 is 10.1 Å². The molecule has 2 heterocycles. The van der Waals surface area contributed by atoms with Gasteiger partial charge in [-0.25, -0.2) is 4.79 Å². The van der Waals surface area contributed by atoms with Crippen LogP contribution in [-0.2, 0) is 6.54 Å². The normalized spacial score (nSPS) is 20.3. The number of aromatic nitrogens is 2. The van der Waals surface area contributed by atoms with Crippen LogP contribution in [0, 0.1) is 5.92 Å². The number of fused-ring (bicyclic) bond motifs is 1. The monoisotopic (exact) mass is 264 g/mol. The summed E-state index contributed by atoms with van der Waals surface area (Å²) in [6.45, 7) is 0.774. The molecule has 3 rings (SSSR count). The predicted octanol–water partition coefficient (Wildman–Crippen LogP) is 2.18. The van der Waals surface area contributed by atoms with E-state index in [1.54, 1.807) is 22.8 Å². The fourth-order valence-corrected chi connectivity index (χ4v) is 3.69. The van der Waals surface area contributed by atoms with Crippen LogP contribution < -0.4 is 5.69 Å². The van der Waals surface area contributed by atoms with Gasteiger partial charge in [0.15, 0.2) is 0 Å². The SMILES string of the molecule is O=c1[nH]c2cc(O)ccc2n1CC1CCCSC1. The van der Waals surface area contributed by atoms with E-state index >= 15 is 0 Å². The number of aromatic amines is 1. The van der Waals surface area contributed by atoms with Gasteiger partial charge in [0.2, 0.25) is 0 Å². The number of nitrogens with zero attached hydrogens (tertiary/aromatic N) is 1. The standard InChI is InChI=1S/C13H16N2O2S/c16-10-3-4-12-11(6-10)14-13(17)15(12)7-9-2-1-5-18-8-9/h3-4,6,9,16H,1-2,5,7-8H2,(H,14,17). The minimum absolute atomic E-state index is 0.0776. The van der Waals surface area contributed by atoms with Crippen LogP contribution in [0.3, 0.4) is 0 Å². The average molecular weight is 264 g/mol. The molecule has 0 amide bonds. The molecule has 4 nitrogen and oxygen atoms in total. The van der Waals surface area contributed by atoms with Gasteiger partial charge in [0.1, 0.15) is 5.75 Å². The third-order valence-electron chi connectivity index (χ3n) is 3.45. The number of nitrogens with one attached hydrogen (secondary N) is 1. The lowest BCUT2D eigenvalue weighted by Crippen LogP contribution is -2.24. The fraction of sp³-hybridized carbons (Fsp3) is 0.462. The van der Waals surface area contributed by atoms with Gasteiger partial charge in [-0.05, 0) is 42.4 Å². The number of hydrogen-bond donors (Lipinski definition) is 2. The Bertz CT molecular complexity index is 611. The summed E-state index contributed by atoms with van der Waals surface area (Å²) in [6.07, 6.45) is 2.44. The van der Waals surface area contributed by atoms with E-state index in [1.165, 1.54) is 18.6 Å². The molecule has 2 aromatic rings. The van der Waals surface area contributed by atoms with Gasteiger partial charge in [-0.15, -0.1) is 0 Å². The number of phenols is 1. The molecule has 1 aliphatic rings. The van der Waals surface area contributed by atoms with E-state index in [0.29, 0.717) is 11.4 Å². The molecule has 0 aliphatic carbocycles. The molecule has 18 heavy (non-hydrogen) atoms. The van der Waals surface area contributed by atoms with Crippen molar-refractivity contribution in [1.82, 2.24) is 9.55 Å². The number of benzene rings is 1. The lowest BCUT2D eigenvalue weighted by Gasteiger charge is -2.21. The summed E-state index contributed by atoms with van der Waals surface area (Å²) < 4.78 is 1.80. The van der Waals surface area contributed by atoms with Crippen molar-refractivity contribution in [3.8, 4) is 5.75 Å². The van der Waals surface area contributed by atoms with Crippen molar-refractivity contribution in [2.24, 2.45) is 5.92 Å². The minimum Gasteiger partial charge on any atom is -0.508 e. The van der Waals surface area contributed by atoms with E-state index in [-0.39, 0.29) is 11.4 Å². The Hall–Kier alpha value is -1.36. The van der Waals surface area contributed by atoms with Crippen molar-refractivity contribution in [2.45, 2.75) is 19.4 Å². The highest BCUT2D eigenvalue weighted by molar-refractivity contribution is 7.99. The van der Waals surface area contributed by atoms with Crippen LogP contribution in [0.1, 0.15) is 12.8 Å². The molecule has 1 unspecified atom stereocenters. The summed E-state index contributed by atoms with van der Waals surface area (Å²) >= 11 is 1.97. The first-order valence-electron chi connectivity index (χ1n) is 6.23. The molecule has 0 bridgehead atoms. The third-order valence-corrected chi connectivity index (χ3v) is 4.74. The molecular formula is C13H16N2O2S. The molecule has 0 radical (unpaired) electrons. The molecule has 5 heteroatoms. The maximum Gasteiger partial charge on any atom is 0.326 e. The van der Waals surface area contributed by atoms with E-state index in [1.807, 2.05) is 11.8 Å². The van der Waals surface area contributed by atoms with Crippen molar-refractivity contribution < 1.29 is 5.11 Å². The summed E-state index contributed by atoms with van der Waals surface area (Å²) in [4.78, 5) is 14.7. The first-order valence-corrected chi connectivity index (χ1v) is 7.39. The van der Waals surface area contributed by atoms with Crippen LogP contribution in [0.4, 0.5) is 0 Å². The van der Waals surface area contributed by atoms with Gasteiger partial charge in [0.25, 0.3) is 0 Å². The van der Waals surface area contributed by atoms with Crippen LogP contribution in [0.2, 0.25) is 0 Å². The third kappa shape index (κ3) is 2.14. The van der Waals surface area contributed by atoms with Crippen molar-refractivity contribution >= 4 is 22.8 Å². The second-order valence-electron chi connectivity index (χ2n) is 4.83. The Kier molecular flexibility index (Phi) is 3.07. The van der Waals surface area contributed by atoms with Crippen molar-refractivity contribution in [3.05, 3.63) is 28.7 Å². The Morgan fingerprint density at radius 1 is 1.50 bits per heavy atom. The number of thioether (sulfide) groups is 1. The van der Waals surface area contributed by atoms with E-state index in [4.69, 9.17) is 0 Å². The molecule has 96 valence electrons. The van der Waals surface area contributed by atoms with E-state index in [2.05, 4.69) is 4.98 Å². The van der Waals surface area contributed by atoms with E-state index in [0.717, 1.165) is 17.8 Å². The quantitative estimate of drug-likeness (QED) is 0.874. The summed E-state index contributed by atoms with van der Waals surface area (Å²) in [5.74, 6) is 3.14. The smallest absolute Gasteiger partial charge is 0.326 e. The molecule has 1 fully saturated rings. The zero-order valence-electron chi connectivity index (χ0n) is 10.1. The van der Waals surface area contributed by atoms with Crippen LogP contribution >= 0.6 is 11.8 Å². The molecule has 1 atom stereocenters. The summed E-state index contributed by atoms with van der Waals surface area (Å²) in [5.41, 5.74) is 1.52. The van der Waals surface area contributed by atoms with E-state index < -0.39 is 0 Å². The van der Waals surface area contributed by atoms with Gasteiger partial charge in [-0.1, -0.05) is 0 Å². The molecule has 1 aliphatic heterocycles. The summed E-state index contributed by atoms with van der Waals surface area (Å²) in [5, 5.41) is 9.42. The summed E-state index contributed by atoms with van der Waals surface area (Å²) in [6, 6.07) is 5.03. The van der Waals surface area contributed by atoms with Crippen LogP contribution in [-0.4, -0.2) is 26.2 Å². The topological polar surface area (TPSA) is 58.0 Å². The number of hydrogen-bond acceptors (Lipinski definition) is 3. The first kappa shape index (κ1) is 11.7. The maximum atomic E-state index is 11.9. The lowest BCUT2D eigenvalue weighted by molar-refractivity contribution is 0.446. The molecule has 0 spiro atoms. The van der Waals surface area contributed by atoms with E-state index in [9.17, 15) is 9.90 Å². The van der Waals surface area contributed by atoms with Crippen molar-refractivity contribution in [3.63, 3.8) is 0 Å². The Balaban J connectivity index is 1.95. The molecule has 1 saturated heterocycles. The first-order chi connectivity index (χ1) is 8.74. The number of imidazole rings is 1. The highest BCUT2D eigenvalue weighted by atomic mass is 32.2. The van der Waals surface area contributed by atoms with Crippen LogP contribution in [0.5, 0.6) is 5.75 Å². The van der Waals surface area contributed by atoms with Gasteiger partial charge in [0.05, 0.1) is 11.0 Å². The molecule has 1 aromatic carbocycles. The average Bonchev–Trinajstić information content (AvgIpc) is 2.66. The van der Waals surface area contributed by atoms with Crippen molar-refractivity contribution in [1.29, 1.82) is 0 Å². The largest absolute Gasteiger partial charge is 0.508 e. The minimum atomic E-state index is -0.0776. The Morgan fingerprint density at radius 2 is 2.39 bits per heavy atom. The second kappa shape index (κ2) is 4.72. The number of phenolic OH excluding ortho intramolecular Hbond substituents is 1. The molecular weight excluding hydrogens is 248 g/mol. The highest BCUT2D eigenvalue weighted by Gasteiger charge is 2.17. The predicted molar refractivity (Wildman–Crippen MR) is 74.3 cm³/mol. The zero-order valence-corrected chi connectivity index (χ0v) is 10.9. The van der Waals surface area contributed by atoms with Gasteiger partial charge in [0, 0.05) is 12.6 Å². The fourth-order valence-electron chi connectivity index (χ4n) is 2.54. The van der Waals surface area contributed by atoms with Gasteiger partial charge in [-0.3, -0.25) is 4.57 Å². The lowest BCUT2D eigenvalue weighted by atomic mass is 10.1. The maximum absolute atomic E-state index is 11.9. The molecule has 0 saturated carbocycles. The number of aromatic hydroxyl groups is 1. The van der Waals surface area contributed by atoms with Crippen LogP contribution in [0.15, 0.2) is 23.0 Å². The zero-order chi connectivity index (χ0) is 12.5. The van der Waals surface area contributed by atoms with Crippen molar-refractivity contribution in [2.75, 3.05) is 11.5 Å². The second-order valence-corrected chi connectivity index (χ2v) is 5.98. The number of H-pyrrole nitrogens is 1. The van der Waals surface area contributed by atoms with Gasteiger partial charge >= 0.3 is 5.69 Å². The highest BCUT2D eigenvalue weighted by Crippen LogP contribution is 2.25. The Morgan fingerprint density at radius 3 is 3.17 bits per heavy atom.